The summed E-state index contributed by atoms with van der Waals surface area (Å²) in [5, 5.41) is 0. The van der Waals surface area contributed by atoms with Crippen LogP contribution < -0.4 is 15.4 Å². The van der Waals surface area contributed by atoms with E-state index in [1.807, 2.05) is 32.0 Å². The van der Waals surface area contributed by atoms with Crippen LogP contribution in [0.1, 0.15) is 35.6 Å². The van der Waals surface area contributed by atoms with Crippen LogP contribution in [0.3, 0.4) is 0 Å². The van der Waals surface area contributed by atoms with Crippen molar-refractivity contribution in [2.24, 2.45) is 17.6 Å². The summed E-state index contributed by atoms with van der Waals surface area (Å²) in [6.45, 7) is 5.51. The van der Waals surface area contributed by atoms with Gasteiger partial charge in [0.15, 0.2) is 11.5 Å². The summed E-state index contributed by atoms with van der Waals surface area (Å²) >= 11 is 0. The van der Waals surface area contributed by atoms with Crippen molar-refractivity contribution < 1.29 is 13.5 Å². The fraction of sp³-hybridized carbons (Fsp3) is 0.370. The first-order valence-electron chi connectivity index (χ1n) is 12.2. The zero-order chi connectivity index (χ0) is 23.8. The number of oxazole rings is 1. The van der Waals surface area contributed by atoms with Gasteiger partial charge in [0.25, 0.3) is 0 Å². The fourth-order valence-electron chi connectivity index (χ4n) is 6.22. The second-order valence-electron chi connectivity index (χ2n) is 10.1. The molecule has 3 atom stereocenters. The van der Waals surface area contributed by atoms with Crippen LogP contribution in [-0.2, 0) is 6.42 Å². The molecule has 2 N–H and O–H groups in total. The molecule has 0 bridgehead atoms. The molecular weight excluding hydrogens is 445 g/mol. The van der Waals surface area contributed by atoms with E-state index in [2.05, 4.69) is 9.88 Å². The first-order chi connectivity index (χ1) is 16.9. The first kappa shape index (κ1) is 20.8. The Hall–Kier alpha value is -3.52. The Morgan fingerprint density at radius 2 is 1.97 bits per heavy atom. The smallest absolute Gasteiger partial charge is 0.324 e. The van der Waals surface area contributed by atoms with Crippen molar-refractivity contribution in [2.75, 3.05) is 18.0 Å². The number of rotatable bonds is 3. The second-order valence-corrected chi connectivity index (χ2v) is 10.1. The SMILES string of the molecule is Cc1nc2cc(Oc3nc4c(c(N5C[C@H]6CC[C@@H](N)[C@H]6C5)n3)-c3cc(F)cc(C)c3C4)ccc2o1. The maximum atomic E-state index is 14.5. The lowest BCUT2D eigenvalue weighted by atomic mass is 9.98. The lowest BCUT2D eigenvalue weighted by molar-refractivity contribution is 0.440. The summed E-state index contributed by atoms with van der Waals surface area (Å²) in [7, 11) is 0. The zero-order valence-corrected chi connectivity index (χ0v) is 19.7. The van der Waals surface area contributed by atoms with Crippen LogP contribution in [0.15, 0.2) is 34.7 Å². The van der Waals surface area contributed by atoms with Crippen molar-refractivity contribution in [3.8, 4) is 22.9 Å². The normalized spacial score (nSPS) is 22.5. The minimum absolute atomic E-state index is 0.222. The number of halogens is 1. The van der Waals surface area contributed by atoms with E-state index < -0.39 is 0 Å². The van der Waals surface area contributed by atoms with Crippen molar-refractivity contribution in [1.29, 1.82) is 0 Å². The van der Waals surface area contributed by atoms with Gasteiger partial charge in [-0.25, -0.2) is 9.37 Å². The lowest BCUT2D eigenvalue weighted by Crippen LogP contribution is -2.30. The molecular formula is C27H26FN5O2. The van der Waals surface area contributed by atoms with Crippen LogP contribution in [0, 0.1) is 31.5 Å². The van der Waals surface area contributed by atoms with Crippen LogP contribution in [0.4, 0.5) is 10.2 Å². The predicted molar refractivity (Wildman–Crippen MR) is 130 cm³/mol. The van der Waals surface area contributed by atoms with Crippen molar-refractivity contribution >= 4 is 16.9 Å². The highest BCUT2D eigenvalue weighted by Crippen LogP contribution is 2.47. The number of nitrogens with two attached hydrogens (primary N) is 1. The Balaban J connectivity index is 1.32. The molecule has 1 saturated carbocycles. The third-order valence-electron chi connectivity index (χ3n) is 7.88. The van der Waals surface area contributed by atoms with E-state index in [0.717, 1.165) is 65.2 Å². The van der Waals surface area contributed by atoms with Crippen LogP contribution in [0.2, 0.25) is 0 Å². The monoisotopic (exact) mass is 471 g/mol. The average Bonchev–Trinajstić information content (AvgIpc) is 3.56. The zero-order valence-electron chi connectivity index (χ0n) is 19.7. The Morgan fingerprint density at radius 1 is 1.09 bits per heavy atom. The Labute approximate surface area is 202 Å². The maximum absolute atomic E-state index is 14.5. The number of benzene rings is 2. The third-order valence-corrected chi connectivity index (χ3v) is 7.88. The summed E-state index contributed by atoms with van der Waals surface area (Å²) in [5.41, 5.74) is 12.6. The minimum atomic E-state index is -0.239. The minimum Gasteiger partial charge on any atom is -0.441 e. The molecule has 3 aliphatic rings. The second kappa shape index (κ2) is 7.49. The molecule has 2 aromatic carbocycles. The molecule has 0 spiro atoms. The molecule has 4 aromatic rings. The number of aryl methyl sites for hydroxylation is 2. The van der Waals surface area contributed by atoms with Gasteiger partial charge in [0, 0.05) is 44.1 Å². The van der Waals surface area contributed by atoms with Gasteiger partial charge in [0.2, 0.25) is 0 Å². The van der Waals surface area contributed by atoms with Gasteiger partial charge in [-0.3, -0.25) is 0 Å². The summed E-state index contributed by atoms with van der Waals surface area (Å²) in [6.07, 6.45) is 2.85. The molecule has 0 unspecified atom stereocenters. The molecule has 1 saturated heterocycles. The molecule has 2 fully saturated rings. The maximum Gasteiger partial charge on any atom is 0.324 e. The molecule has 8 heteroatoms. The quantitative estimate of drug-likeness (QED) is 0.400. The van der Waals surface area contributed by atoms with Crippen LogP contribution in [-0.4, -0.2) is 34.1 Å². The Bertz CT molecular complexity index is 1500. The Kier molecular flexibility index (Phi) is 4.45. The van der Waals surface area contributed by atoms with E-state index in [-0.39, 0.29) is 17.9 Å². The molecule has 2 aliphatic carbocycles. The lowest BCUT2D eigenvalue weighted by Gasteiger charge is -2.23. The topological polar surface area (TPSA) is 90.3 Å². The van der Waals surface area contributed by atoms with E-state index >= 15 is 0 Å². The molecule has 0 amide bonds. The highest BCUT2D eigenvalue weighted by atomic mass is 19.1. The molecule has 178 valence electrons. The number of nitrogens with zero attached hydrogens (tertiary/aromatic N) is 4. The number of ether oxygens (including phenoxy) is 1. The number of hydrogen-bond donors (Lipinski definition) is 1. The average molecular weight is 472 g/mol. The highest BCUT2D eigenvalue weighted by Gasteiger charge is 2.43. The van der Waals surface area contributed by atoms with Gasteiger partial charge in [-0.15, -0.1) is 0 Å². The summed E-state index contributed by atoms with van der Waals surface area (Å²) in [6, 6.07) is 9.20. The molecule has 0 radical (unpaired) electrons. The molecule has 7 nitrogen and oxygen atoms in total. The highest BCUT2D eigenvalue weighted by molar-refractivity contribution is 5.85. The van der Waals surface area contributed by atoms with Crippen molar-refractivity contribution in [3.05, 3.63) is 58.9 Å². The van der Waals surface area contributed by atoms with Gasteiger partial charge in [0.1, 0.15) is 22.9 Å². The first-order valence-corrected chi connectivity index (χ1v) is 12.2. The summed E-state index contributed by atoms with van der Waals surface area (Å²) < 4.78 is 26.2. The van der Waals surface area contributed by atoms with E-state index in [0.29, 0.717) is 35.5 Å². The van der Waals surface area contributed by atoms with Gasteiger partial charge in [0.05, 0.1) is 5.69 Å². The predicted octanol–water partition coefficient (Wildman–Crippen LogP) is 4.91. The number of anilines is 1. The number of fused-ring (bicyclic) bond motifs is 5. The van der Waals surface area contributed by atoms with Gasteiger partial charge in [-0.2, -0.15) is 9.97 Å². The number of hydrogen-bond acceptors (Lipinski definition) is 7. The van der Waals surface area contributed by atoms with Gasteiger partial charge < -0.3 is 19.8 Å². The molecule has 3 heterocycles. The number of aromatic nitrogens is 3. The van der Waals surface area contributed by atoms with E-state index in [9.17, 15) is 4.39 Å². The molecule has 2 aromatic heterocycles. The van der Waals surface area contributed by atoms with E-state index in [1.54, 1.807) is 12.1 Å². The standard InChI is InChI=1S/C27H26FN5O2/c1-13-7-16(28)8-19-18(13)10-23-25(19)26(33-11-15-3-5-21(29)20(15)12-33)32-27(31-23)35-17-4-6-24-22(9-17)30-14(2)34-24/h4,6-9,15,20-21H,3,5,10-12,29H2,1-2H3/t15-,20+,21-/m1/s1. The van der Waals surface area contributed by atoms with Gasteiger partial charge in [-0.05, 0) is 72.6 Å². The van der Waals surface area contributed by atoms with Crippen LogP contribution >= 0.6 is 0 Å². The summed E-state index contributed by atoms with van der Waals surface area (Å²) in [4.78, 5) is 16.4. The van der Waals surface area contributed by atoms with Gasteiger partial charge in [-0.1, -0.05) is 0 Å². The van der Waals surface area contributed by atoms with Crippen LogP contribution in [0.5, 0.6) is 11.8 Å². The van der Waals surface area contributed by atoms with E-state index in [4.69, 9.17) is 24.9 Å². The van der Waals surface area contributed by atoms with Gasteiger partial charge >= 0.3 is 6.01 Å². The van der Waals surface area contributed by atoms with Crippen molar-refractivity contribution in [1.82, 2.24) is 15.0 Å². The third kappa shape index (κ3) is 3.31. The Morgan fingerprint density at radius 3 is 2.83 bits per heavy atom. The molecule has 1 aliphatic heterocycles. The van der Waals surface area contributed by atoms with E-state index in [1.165, 1.54) is 0 Å². The fourth-order valence-corrected chi connectivity index (χ4v) is 6.22. The van der Waals surface area contributed by atoms with Crippen molar-refractivity contribution in [2.45, 2.75) is 39.2 Å². The molecule has 35 heavy (non-hydrogen) atoms. The van der Waals surface area contributed by atoms with Crippen LogP contribution in [0.25, 0.3) is 22.2 Å². The largest absolute Gasteiger partial charge is 0.441 e. The van der Waals surface area contributed by atoms with Crippen molar-refractivity contribution in [3.63, 3.8) is 0 Å². The summed E-state index contributed by atoms with van der Waals surface area (Å²) in [5.74, 6) is 2.79. The molecule has 7 rings (SSSR count).